The Balaban J connectivity index is 1.27. The molecule has 1 saturated heterocycles. The Morgan fingerprint density at radius 2 is 1.76 bits per heavy atom. The van der Waals surface area contributed by atoms with Crippen molar-refractivity contribution in [3.05, 3.63) is 89.0 Å². The molecule has 3 aromatic carbocycles. The normalized spacial score (nSPS) is 16.9. The first-order valence-electron chi connectivity index (χ1n) is 12.4. The van der Waals surface area contributed by atoms with Gasteiger partial charge in [0.15, 0.2) is 11.6 Å². The number of ether oxygens (including phenoxy) is 1. The van der Waals surface area contributed by atoms with Gasteiger partial charge < -0.3 is 14.7 Å². The van der Waals surface area contributed by atoms with E-state index in [-0.39, 0.29) is 11.2 Å². The second-order valence-electron chi connectivity index (χ2n) is 9.53. The van der Waals surface area contributed by atoms with Gasteiger partial charge in [0.05, 0.1) is 17.9 Å². The molecular formula is C29H28F2N2O4. The van der Waals surface area contributed by atoms with Crippen molar-refractivity contribution in [2.24, 2.45) is 5.16 Å². The van der Waals surface area contributed by atoms with Crippen molar-refractivity contribution in [3.8, 4) is 16.9 Å². The largest absolute Gasteiger partial charge is 0.494 e. The number of hydrogen-bond acceptors (Lipinski definition) is 5. The lowest BCUT2D eigenvalue weighted by atomic mass is 9.85. The van der Waals surface area contributed by atoms with Crippen LogP contribution in [0.4, 0.5) is 8.78 Å². The van der Waals surface area contributed by atoms with E-state index in [4.69, 9.17) is 14.7 Å². The lowest BCUT2D eigenvalue weighted by Crippen LogP contribution is -2.44. The lowest BCUT2D eigenvalue weighted by molar-refractivity contribution is -0.0626. The molecule has 0 bridgehead atoms. The fourth-order valence-electron chi connectivity index (χ4n) is 5.01. The number of benzene rings is 3. The second-order valence-corrected chi connectivity index (χ2v) is 9.53. The number of halogens is 2. The highest BCUT2D eigenvalue weighted by molar-refractivity contribution is 6.02. The Labute approximate surface area is 214 Å². The molecule has 5 rings (SSSR count). The Morgan fingerprint density at radius 3 is 2.43 bits per heavy atom. The molecule has 0 atom stereocenters. The zero-order chi connectivity index (χ0) is 26.0. The van der Waals surface area contributed by atoms with E-state index in [0.29, 0.717) is 25.1 Å². The summed E-state index contributed by atoms with van der Waals surface area (Å²) in [6.45, 7) is 4.67. The molecule has 0 aliphatic carbocycles. The molecule has 0 saturated carbocycles. The number of carboxylic acid groups (broad SMARTS) is 1. The third-order valence-electron chi connectivity index (χ3n) is 7.08. The molecule has 37 heavy (non-hydrogen) atoms. The van der Waals surface area contributed by atoms with Crippen molar-refractivity contribution in [2.75, 3.05) is 19.7 Å². The first-order chi connectivity index (χ1) is 17.9. The molecule has 0 unspecified atom stereocenters. The van der Waals surface area contributed by atoms with Gasteiger partial charge in [-0.3, -0.25) is 4.90 Å². The van der Waals surface area contributed by atoms with Crippen LogP contribution in [0.5, 0.6) is 5.75 Å². The highest BCUT2D eigenvalue weighted by Gasteiger charge is 2.42. The van der Waals surface area contributed by atoms with Gasteiger partial charge in [0.1, 0.15) is 11.4 Å². The van der Waals surface area contributed by atoms with Crippen LogP contribution in [0.1, 0.15) is 47.7 Å². The van der Waals surface area contributed by atoms with Crippen LogP contribution in [-0.2, 0) is 11.4 Å². The van der Waals surface area contributed by atoms with Crippen LogP contribution < -0.4 is 4.74 Å². The van der Waals surface area contributed by atoms with Crippen LogP contribution >= 0.6 is 0 Å². The number of oxime groups is 1. The fraction of sp³-hybridized carbons (Fsp3) is 0.310. The van der Waals surface area contributed by atoms with Crippen molar-refractivity contribution in [3.63, 3.8) is 0 Å². The topological polar surface area (TPSA) is 71.4 Å². The predicted molar refractivity (Wildman–Crippen MR) is 136 cm³/mol. The smallest absolute Gasteiger partial charge is 0.335 e. The molecule has 0 aromatic heterocycles. The van der Waals surface area contributed by atoms with E-state index in [0.717, 1.165) is 60.1 Å². The minimum absolute atomic E-state index is 0.238. The van der Waals surface area contributed by atoms with E-state index in [1.54, 1.807) is 30.3 Å². The summed E-state index contributed by atoms with van der Waals surface area (Å²) < 4.78 is 33.2. The zero-order valence-electron chi connectivity index (χ0n) is 20.5. The number of aromatic carboxylic acids is 1. The summed E-state index contributed by atoms with van der Waals surface area (Å²) >= 11 is 0. The summed E-state index contributed by atoms with van der Waals surface area (Å²) in [7, 11) is 0. The highest BCUT2D eigenvalue weighted by atomic mass is 19.2. The molecule has 1 spiro atoms. The summed E-state index contributed by atoms with van der Waals surface area (Å²) in [5.74, 6) is -1.96. The lowest BCUT2D eigenvalue weighted by Gasteiger charge is -2.37. The molecule has 0 amide bonds. The molecular weight excluding hydrogens is 478 g/mol. The van der Waals surface area contributed by atoms with E-state index < -0.39 is 17.6 Å². The summed E-state index contributed by atoms with van der Waals surface area (Å²) in [5, 5.41) is 13.5. The van der Waals surface area contributed by atoms with Crippen molar-refractivity contribution < 1.29 is 28.3 Å². The summed E-state index contributed by atoms with van der Waals surface area (Å²) in [6, 6.07) is 16.4. The summed E-state index contributed by atoms with van der Waals surface area (Å²) in [5.41, 5.74) is 4.02. The zero-order valence-corrected chi connectivity index (χ0v) is 20.5. The maximum absolute atomic E-state index is 14.0. The van der Waals surface area contributed by atoms with Gasteiger partial charge in [-0.05, 0) is 65.6 Å². The van der Waals surface area contributed by atoms with Crippen molar-refractivity contribution in [1.29, 1.82) is 0 Å². The Hall–Kier alpha value is -3.78. The number of rotatable bonds is 7. The number of nitrogens with zero attached hydrogens (tertiary/aromatic N) is 2. The second kappa shape index (κ2) is 10.3. The van der Waals surface area contributed by atoms with Gasteiger partial charge in [-0.25, -0.2) is 13.6 Å². The molecule has 3 aromatic rings. The highest BCUT2D eigenvalue weighted by Crippen LogP contribution is 2.37. The summed E-state index contributed by atoms with van der Waals surface area (Å²) in [4.78, 5) is 19.4. The van der Waals surface area contributed by atoms with Gasteiger partial charge in [0.25, 0.3) is 0 Å². The van der Waals surface area contributed by atoms with Gasteiger partial charge in [0, 0.05) is 38.9 Å². The van der Waals surface area contributed by atoms with Crippen LogP contribution in [0.3, 0.4) is 0 Å². The molecule has 2 heterocycles. The monoisotopic (exact) mass is 506 g/mol. The Morgan fingerprint density at radius 1 is 1.03 bits per heavy atom. The maximum Gasteiger partial charge on any atom is 0.335 e. The van der Waals surface area contributed by atoms with E-state index in [1.807, 2.05) is 25.1 Å². The standard InChI is InChI=1S/C29H28F2N2O4/c1-2-36-23-8-9-24(21-7-10-25(30)26(31)16-21)22(15-23)18-33-13-11-29(12-14-33)17-27(32-37-29)19-3-5-20(6-4-19)28(34)35/h3-10,15-16H,2,11-14,17-18H2,1H3,(H,34,35). The van der Waals surface area contributed by atoms with Crippen LogP contribution in [0.2, 0.25) is 0 Å². The number of piperidine rings is 1. The van der Waals surface area contributed by atoms with Crippen LogP contribution in [-0.4, -0.2) is 47.0 Å². The number of hydrogen-bond donors (Lipinski definition) is 1. The number of carboxylic acids is 1. The third-order valence-corrected chi connectivity index (χ3v) is 7.08. The van der Waals surface area contributed by atoms with Gasteiger partial charge in [-0.15, -0.1) is 0 Å². The average Bonchev–Trinajstić information content (AvgIpc) is 3.31. The fourth-order valence-corrected chi connectivity index (χ4v) is 5.01. The molecule has 192 valence electrons. The van der Waals surface area contributed by atoms with Crippen LogP contribution in [0.25, 0.3) is 11.1 Å². The van der Waals surface area contributed by atoms with Gasteiger partial charge in [-0.1, -0.05) is 29.4 Å². The third kappa shape index (κ3) is 5.34. The van der Waals surface area contributed by atoms with Gasteiger partial charge in [-0.2, -0.15) is 0 Å². The molecule has 1 N–H and O–H groups in total. The van der Waals surface area contributed by atoms with E-state index >= 15 is 0 Å². The molecule has 1 fully saturated rings. The minimum atomic E-state index is -0.959. The predicted octanol–water partition coefficient (Wildman–Crippen LogP) is 5.89. The molecule has 2 aliphatic rings. The van der Waals surface area contributed by atoms with Gasteiger partial charge >= 0.3 is 5.97 Å². The molecule has 8 heteroatoms. The first kappa shape index (κ1) is 24.9. The van der Waals surface area contributed by atoms with Crippen LogP contribution in [0, 0.1) is 11.6 Å². The molecule has 2 aliphatic heterocycles. The van der Waals surface area contributed by atoms with E-state index in [1.165, 1.54) is 6.07 Å². The quantitative estimate of drug-likeness (QED) is 0.433. The van der Waals surface area contributed by atoms with E-state index in [2.05, 4.69) is 10.1 Å². The Kier molecular flexibility index (Phi) is 6.93. The Bertz CT molecular complexity index is 1330. The molecule has 6 nitrogen and oxygen atoms in total. The van der Waals surface area contributed by atoms with Crippen molar-refractivity contribution in [2.45, 2.75) is 38.3 Å². The summed E-state index contributed by atoms with van der Waals surface area (Å²) in [6.07, 6.45) is 2.25. The van der Waals surface area contributed by atoms with E-state index in [9.17, 15) is 13.6 Å². The molecule has 0 radical (unpaired) electrons. The maximum atomic E-state index is 14.0. The number of carbonyl (C=O) groups is 1. The SMILES string of the molecule is CCOc1ccc(-c2ccc(F)c(F)c2)c(CN2CCC3(CC2)CC(c2ccc(C(=O)O)cc2)=NO3)c1. The average molecular weight is 507 g/mol. The van der Waals surface area contributed by atoms with Gasteiger partial charge in [0.2, 0.25) is 0 Å². The van der Waals surface area contributed by atoms with Crippen molar-refractivity contribution >= 4 is 11.7 Å². The minimum Gasteiger partial charge on any atom is -0.494 e. The van der Waals surface area contributed by atoms with Crippen molar-refractivity contribution in [1.82, 2.24) is 4.90 Å². The number of likely N-dealkylation sites (tertiary alicyclic amines) is 1. The van der Waals surface area contributed by atoms with Crippen LogP contribution in [0.15, 0.2) is 65.8 Å². The first-order valence-corrected chi connectivity index (χ1v) is 12.4.